The molecule has 2 aliphatic heterocycles. The van der Waals surface area contributed by atoms with Crippen LogP contribution in [0, 0.1) is 0 Å². The molecule has 31 heavy (non-hydrogen) atoms. The van der Waals surface area contributed by atoms with E-state index in [0.717, 1.165) is 18.8 Å². The summed E-state index contributed by atoms with van der Waals surface area (Å²) in [7, 11) is -1.65. The van der Waals surface area contributed by atoms with Gasteiger partial charge in [0.1, 0.15) is 0 Å². The number of hydrogen-bond donors (Lipinski definition) is 1. The summed E-state index contributed by atoms with van der Waals surface area (Å²) in [4.78, 5) is 17.2. The van der Waals surface area contributed by atoms with Gasteiger partial charge in [0.05, 0.1) is 18.1 Å². The summed E-state index contributed by atoms with van der Waals surface area (Å²) in [5.41, 5.74) is 2.06. The van der Waals surface area contributed by atoms with Gasteiger partial charge in [-0.2, -0.15) is 4.31 Å². The predicted molar refractivity (Wildman–Crippen MR) is 120 cm³/mol. The second kappa shape index (κ2) is 9.35. The number of hydrogen-bond acceptors (Lipinski definition) is 6. The Bertz CT molecular complexity index is 1010. The topological polar surface area (TPSA) is 82.2 Å². The zero-order valence-electron chi connectivity index (χ0n) is 17.7. The molecule has 8 nitrogen and oxygen atoms in total. The number of ether oxygens (including phenoxy) is 1. The molecule has 9 heteroatoms. The number of benzene rings is 2. The fraction of sp³-hybridized carbons (Fsp3) is 0.409. The lowest BCUT2D eigenvalue weighted by Crippen LogP contribution is -2.47. The van der Waals surface area contributed by atoms with Crippen molar-refractivity contribution in [3.8, 4) is 0 Å². The van der Waals surface area contributed by atoms with E-state index >= 15 is 0 Å². The molecule has 0 bridgehead atoms. The molecular formula is C22H28N4O4S. The molecule has 2 aromatic rings. The lowest BCUT2D eigenvalue weighted by molar-refractivity contribution is 0.102. The molecule has 0 spiro atoms. The highest BCUT2D eigenvalue weighted by Crippen LogP contribution is 2.21. The molecule has 0 aliphatic carbocycles. The lowest BCUT2D eigenvalue weighted by Gasteiger charge is -2.31. The maximum absolute atomic E-state index is 13.0. The third kappa shape index (κ3) is 5.07. The molecule has 0 aromatic heterocycles. The van der Waals surface area contributed by atoms with Crippen LogP contribution in [0.3, 0.4) is 0 Å². The van der Waals surface area contributed by atoms with Crippen molar-refractivity contribution in [2.45, 2.75) is 4.90 Å². The van der Waals surface area contributed by atoms with Crippen LogP contribution in [0.25, 0.3) is 0 Å². The largest absolute Gasteiger partial charge is 0.378 e. The number of carbonyl (C=O) groups is 1. The fourth-order valence-corrected chi connectivity index (χ4v) is 5.22. The average Bonchev–Trinajstić information content (AvgIpc) is 2.80. The van der Waals surface area contributed by atoms with Gasteiger partial charge in [0, 0.05) is 56.2 Å². The highest BCUT2D eigenvalue weighted by Gasteiger charge is 2.28. The van der Waals surface area contributed by atoms with Crippen molar-refractivity contribution in [2.75, 3.05) is 69.7 Å². The molecule has 2 aromatic carbocycles. The Kier molecular flexibility index (Phi) is 6.57. The first-order valence-corrected chi connectivity index (χ1v) is 11.9. The van der Waals surface area contributed by atoms with E-state index < -0.39 is 10.0 Å². The monoisotopic (exact) mass is 444 g/mol. The van der Waals surface area contributed by atoms with Crippen molar-refractivity contribution in [1.29, 1.82) is 0 Å². The van der Waals surface area contributed by atoms with E-state index in [1.54, 1.807) is 18.2 Å². The summed E-state index contributed by atoms with van der Waals surface area (Å²) in [6, 6.07) is 13.9. The van der Waals surface area contributed by atoms with E-state index in [1.165, 1.54) is 10.4 Å². The quantitative estimate of drug-likeness (QED) is 0.756. The third-order valence-electron chi connectivity index (χ3n) is 5.70. The number of piperazine rings is 1. The Morgan fingerprint density at radius 1 is 0.935 bits per heavy atom. The number of sulfonamides is 1. The fourth-order valence-electron chi connectivity index (χ4n) is 3.76. The van der Waals surface area contributed by atoms with Gasteiger partial charge in [-0.05, 0) is 49.5 Å². The van der Waals surface area contributed by atoms with Gasteiger partial charge in [-0.25, -0.2) is 8.42 Å². The molecule has 0 radical (unpaired) electrons. The van der Waals surface area contributed by atoms with Crippen LogP contribution in [0.5, 0.6) is 0 Å². The van der Waals surface area contributed by atoms with Gasteiger partial charge in [-0.1, -0.05) is 6.07 Å². The maximum Gasteiger partial charge on any atom is 0.255 e. The Balaban J connectivity index is 1.44. The highest BCUT2D eigenvalue weighted by atomic mass is 32.2. The Hall–Kier alpha value is -2.46. The zero-order valence-corrected chi connectivity index (χ0v) is 18.5. The van der Waals surface area contributed by atoms with Crippen molar-refractivity contribution in [1.82, 2.24) is 9.21 Å². The van der Waals surface area contributed by atoms with E-state index in [-0.39, 0.29) is 10.8 Å². The van der Waals surface area contributed by atoms with E-state index in [1.807, 2.05) is 31.3 Å². The second-order valence-electron chi connectivity index (χ2n) is 7.84. The smallest absolute Gasteiger partial charge is 0.255 e. The van der Waals surface area contributed by atoms with Crippen LogP contribution in [0.1, 0.15) is 10.4 Å². The van der Waals surface area contributed by atoms with Gasteiger partial charge in [0.25, 0.3) is 5.91 Å². The number of morpholine rings is 1. The number of carbonyl (C=O) groups excluding carboxylic acids is 1. The minimum atomic E-state index is -3.62. The number of rotatable bonds is 5. The summed E-state index contributed by atoms with van der Waals surface area (Å²) in [6.45, 7) is 5.41. The number of anilines is 2. The van der Waals surface area contributed by atoms with Crippen molar-refractivity contribution < 1.29 is 17.9 Å². The first-order valence-electron chi connectivity index (χ1n) is 10.5. The number of likely N-dealkylation sites (N-methyl/N-ethyl adjacent to an activating group) is 1. The van der Waals surface area contributed by atoms with Crippen molar-refractivity contribution in [3.05, 3.63) is 54.1 Å². The van der Waals surface area contributed by atoms with Gasteiger partial charge in [-0.3, -0.25) is 4.79 Å². The number of amides is 1. The Morgan fingerprint density at radius 2 is 1.61 bits per heavy atom. The second-order valence-corrected chi connectivity index (χ2v) is 9.77. The number of nitrogens with zero attached hydrogens (tertiary/aromatic N) is 3. The van der Waals surface area contributed by atoms with E-state index in [0.29, 0.717) is 50.6 Å². The van der Waals surface area contributed by atoms with Crippen LogP contribution >= 0.6 is 0 Å². The molecule has 0 unspecified atom stereocenters. The summed E-state index contributed by atoms with van der Waals surface area (Å²) < 4.78 is 32.8. The van der Waals surface area contributed by atoms with Crippen LogP contribution in [-0.4, -0.2) is 83.1 Å². The Labute approximate surface area is 183 Å². The van der Waals surface area contributed by atoms with E-state index in [2.05, 4.69) is 15.1 Å². The molecule has 2 heterocycles. The third-order valence-corrected chi connectivity index (χ3v) is 7.59. The predicted octanol–water partition coefficient (Wildman–Crippen LogP) is 1.71. The van der Waals surface area contributed by atoms with Crippen molar-refractivity contribution in [2.24, 2.45) is 0 Å². The van der Waals surface area contributed by atoms with E-state index in [9.17, 15) is 13.2 Å². The van der Waals surface area contributed by atoms with Gasteiger partial charge < -0.3 is 19.9 Å². The van der Waals surface area contributed by atoms with Crippen LogP contribution in [0.2, 0.25) is 0 Å². The van der Waals surface area contributed by atoms with E-state index in [4.69, 9.17) is 4.74 Å². The van der Waals surface area contributed by atoms with Crippen LogP contribution in [-0.2, 0) is 14.8 Å². The molecule has 0 saturated carbocycles. The van der Waals surface area contributed by atoms with Crippen LogP contribution < -0.4 is 10.2 Å². The first kappa shape index (κ1) is 21.8. The van der Waals surface area contributed by atoms with Crippen LogP contribution in [0.15, 0.2) is 53.4 Å². The van der Waals surface area contributed by atoms with Crippen molar-refractivity contribution in [3.63, 3.8) is 0 Å². The van der Waals surface area contributed by atoms with Crippen molar-refractivity contribution >= 4 is 27.3 Å². The summed E-state index contributed by atoms with van der Waals surface area (Å²) >= 11 is 0. The molecule has 0 atom stereocenters. The standard InChI is InChI=1S/C22H28N4O4S/c1-24-9-11-26(12-10-24)31(28,29)21-4-2-3-18(17-21)22(27)23-19-5-7-20(8-6-19)25-13-15-30-16-14-25/h2-8,17H,9-16H2,1H3,(H,23,27). The molecule has 4 rings (SSSR count). The summed E-state index contributed by atoms with van der Waals surface area (Å²) in [6.07, 6.45) is 0. The molecule has 2 saturated heterocycles. The molecule has 2 aliphatic rings. The minimum Gasteiger partial charge on any atom is -0.378 e. The van der Waals surface area contributed by atoms with Gasteiger partial charge in [0.2, 0.25) is 10.0 Å². The van der Waals surface area contributed by atoms with Gasteiger partial charge in [-0.15, -0.1) is 0 Å². The first-order chi connectivity index (χ1) is 14.9. The lowest BCUT2D eigenvalue weighted by atomic mass is 10.2. The van der Waals surface area contributed by atoms with Gasteiger partial charge in [0.15, 0.2) is 0 Å². The normalized spacial score (nSPS) is 18.7. The zero-order chi connectivity index (χ0) is 21.8. The maximum atomic E-state index is 13.0. The highest BCUT2D eigenvalue weighted by molar-refractivity contribution is 7.89. The summed E-state index contributed by atoms with van der Waals surface area (Å²) in [5.74, 6) is -0.338. The molecule has 166 valence electrons. The minimum absolute atomic E-state index is 0.146. The SMILES string of the molecule is CN1CCN(S(=O)(=O)c2cccc(C(=O)Nc3ccc(N4CCOCC4)cc3)c2)CC1. The average molecular weight is 445 g/mol. The number of nitrogens with one attached hydrogen (secondary N) is 1. The molecule has 1 amide bonds. The Morgan fingerprint density at radius 3 is 2.29 bits per heavy atom. The molecule has 1 N–H and O–H groups in total. The molecule has 2 fully saturated rings. The molecular weight excluding hydrogens is 416 g/mol. The van der Waals surface area contributed by atoms with Gasteiger partial charge >= 0.3 is 0 Å². The summed E-state index contributed by atoms with van der Waals surface area (Å²) in [5, 5.41) is 2.86. The van der Waals surface area contributed by atoms with Crippen LogP contribution in [0.4, 0.5) is 11.4 Å².